The highest BCUT2D eigenvalue weighted by Gasteiger charge is 2.19. The fourth-order valence-corrected chi connectivity index (χ4v) is 2.52. The van der Waals surface area contributed by atoms with Crippen molar-refractivity contribution in [3.8, 4) is 0 Å². The lowest BCUT2D eigenvalue weighted by Crippen LogP contribution is -2.51. The fraction of sp³-hybridized carbons (Fsp3) is 0.600. The smallest absolute Gasteiger partial charge is 0.0681 e. The first-order chi connectivity index (χ1) is 9.22. The van der Waals surface area contributed by atoms with E-state index < -0.39 is 0 Å². The van der Waals surface area contributed by atoms with Crippen LogP contribution < -0.4 is 5.73 Å². The van der Waals surface area contributed by atoms with Gasteiger partial charge in [0.1, 0.15) is 0 Å². The van der Waals surface area contributed by atoms with Crippen molar-refractivity contribution >= 4 is 0 Å². The quantitative estimate of drug-likeness (QED) is 0.819. The molecule has 106 valence electrons. The highest BCUT2D eigenvalue weighted by atomic mass is 16.3. The Morgan fingerprint density at radius 2 is 1.68 bits per heavy atom. The summed E-state index contributed by atoms with van der Waals surface area (Å²) in [5, 5.41) is 9.03. The van der Waals surface area contributed by atoms with Crippen molar-refractivity contribution in [1.82, 2.24) is 9.80 Å². The van der Waals surface area contributed by atoms with E-state index in [2.05, 4.69) is 28.9 Å². The summed E-state index contributed by atoms with van der Waals surface area (Å²) in [5.41, 5.74) is 8.01. The Morgan fingerprint density at radius 3 is 2.21 bits per heavy atom. The van der Waals surface area contributed by atoms with Crippen LogP contribution in [0.25, 0.3) is 0 Å². The van der Waals surface area contributed by atoms with Crippen molar-refractivity contribution in [3.05, 3.63) is 35.4 Å². The average Bonchev–Trinajstić information content (AvgIpc) is 2.48. The summed E-state index contributed by atoms with van der Waals surface area (Å²) >= 11 is 0. The van der Waals surface area contributed by atoms with Crippen LogP contribution in [0.1, 0.15) is 18.1 Å². The molecule has 1 atom stereocenters. The standard InChI is InChI=1S/C15H25N3O/c1-13(10-16)18-8-6-17(7-9-18)11-14-2-4-15(12-19)5-3-14/h2-5,13,19H,6-12,16H2,1H3. The van der Waals surface area contributed by atoms with Gasteiger partial charge in [0, 0.05) is 45.3 Å². The second-order valence-corrected chi connectivity index (χ2v) is 5.37. The Labute approximate surface area is 115 Å². The summed E-state index contributed by atoms with van der Waals surface area (Å²) in [6.45, 7) is 8.47. The van der Waals surface area contributed by atoms with Gasteiger partial charge in [-0.15, -0.1) is 0 Å². The van der Waals surface area contributed by atoms with E-state index in [1.165, 1.54) is 5.56 Å². The van der Waals surface area contributed by atoms with Gasteiger partial charge in [-0.2, -0.15) is 0 Å². The van der Waals surface area contributed by atoms with Gasteiger partial charge in [-0.1, -0.05) is 24.3 Å². The Balaban J connectivity index is 1.81. The van der Waals surface area contributed by atoms with Crippen molar-refractivity contribution in [2.75, 3.05) is 32.7 Å². The van der Waals surface area contributed by atoms with Crippen LogP contribution in [0.4, 0.5) is 0 Å². The monoisotopic (exact) mass is 263 g/mol. The molecule has 0 aromatic heterocycles. The molecule has 1 aromatic carbocycles. The number of aliphatic hydroxyl groups is 1. The number of benzene rings is 1. The highest BCUT2D eigenvalue weighted by Crippen LogP contribution is 2.11. The normalized spacial score (nSPS) is 19.5. The van der Waals surface area contributed by atoms with Gasteiger partial charge in [-0.05, 0) is 18.1 Å². The maximum Gasteiger partial charge on any atom is 0.0681 e. The van der Waals surface area contributed by atoms with Crippen molar-refractivity contribution in [2.24, 2.45) is 5.73 Å². The van der Waals surface area contributed by atoms with Crippen LogP contribution in [0, 0.1) is 0 Å². The SMILES string of the molecule is CC(CN)N1CCN(Cc2ccc(CO)cc2)CC1. The average molecular weight is 263 g/mol. The number of hydrogen-bond donors (Lipinski definition) is 2. The van der Waals surface area contributed by atoms with Gasteiger partial charge >= 0.3 is 0 Å². The first-order valence-corrected chi connectivity index (χ1v) is 7.08. The molecule has 1 aliphatic rings. The van der Waals surface area contributed by atoms with Gasteiger partial charge in [0.15, 0.2) is 0 Å². The van der Waals surface area contributed by atoms with E-state index in [9.17, 15) is 0 Å². The molecule has 4 nitrogen and oxygen atoms in total. The van der Waals surface area contributed by atoms with Crippen molar-refractivity contribution in [2.45, 2.75) is 26.1 Å². The predicted molar refractivity (Wildman–Crippen MR) is 77.7 cm³/mol. The Kier molecular flexibility index (Phi) is 5.34. The van der Waals surface area contributed by atoms with Gasteiger partial charge in [0.25, 0.3) is 0 Å². The first-order valence-electron chi connectivity index (χ1n) is 7.08. The van der Waals surface area contributed by atoms with E-state index in [0.717, 1.165) is 44.8 Å². The molecule has 1 aromatic rings. The topological polar surface area (TPSA) is 52.7 Å². The summed E-state index contributed by atoms with van der Waals surface area (Å²) in [6, 6.07) is 8.72. The van der Waals surface area contributed by atoms with Gasteiger partial charge < -0.3 is 10.8 Å². The Hall–Kier alpha value is -0.940. The number of nitrogens with two attached hydrogens (primary N) is 1. The molecule has 4 heteroatoms. The fourth-order valence-electron chi connectivity index (χ4n) is 2.52. The molecule has 3 N–H and O–H groups in total. The van der Waals surface area contributed by atoms with E-state index in [-0.39, 0.29) is 6.61 Å². The third kappa shape index (κ3) is 4.01. The van der Waals surface area contributed by atoms with Crippen molar-refractivity contribution < 1.29 is 5.11 Å². The zero-order valence-corrected chi connectivity index (χ0v) is 11.8. The van der Waals surface area contributed by atoms with Crippen LogP contribution in [-0.2, 0) is 13.2 Å². The Bertz CT molecular complexity index is 371. The van der Waals surface area contributed by atoms with Crippen LogP contribution in [-0.4, -0.2) is 53.7 Å². The molecule has 0 saturated carbocycles. The zero-order chi connectivity index (χ0) is 13.7. The molecule has 1 fully saturated rings. The van der Waals surface area contributed by atoms with Crippen LogP contribution in [0.3, 0.4) is 0 Å². The maximum absolute atomic E-state index is 9.03. The molecule has 1 aliphatic heterocycles. The molecule has 2 rings (SSSR count). The van der Waals surface area contributed by atoms with E-state index in [1.807, 2.05) is 12.1 Å². The molecule has 0 aliphatic carbocycles. The third-order valence-electron chi connectivity index (χ3n) is 3.98. The largest absolute Gasteiger partial charge is 0.392 e. The molecule has 0 amide bonds. The molecule has 1 heterocycles. The summed E-state index contributed by atoms with van der Waals surface area (Å²) < 4.78 is 0. The van der Waals surface area contributed by atoms with E-state index >= 15 is 0 Å². The van der Waals surface area contributed by atoms with Gasteiger partial charge in [-0.3, -0.25) is 9.80 Å². The predicted octanol–water partition coefficient (Wildman–Crippen LogP) is 0.644. The van der Waals surface area contributed by atoms with E-state index in [4.69, 9.17) is 10.8 Å². The van der Waals surface area contributed by atoms with Crippen molar-refractivity contribution in [3.63, 3.8) is 0 Å². The summed E-state index contributed by atoms with van der Waals surface area (Å²) in [4.78, 5) is 4.94. The number of nitrogens with zero attached hydrogens (tertiary/aromatic N) is 2. The third-order valence-corrected chi connectivity index (χ3v) is 3.98. The minimum Gasteiger partial charge on any atom is -0.392 e. The number of hydrogen-bond acceptors (Lipinski definition) is 4. The van der Waals surface area contributed by atoms with Gasteiger partial charge in [-0.25, -0.2) is 0 Å². The minimum absolute atomic E-state index is 0.121. The summed E-state index contributed by atoms with van der Waals surface area (Å²) in [5.74, 6) is 0. The molecule has 1 unspecified atom stereocenters. The van der Waals surface area contributed by atoms with Crippen LogP contribution in [0.15, 0.2) is 24.3 Å². The lowest BCUT2D eigenvalue weighted by molar-refractivity contribution is 0.100. The molecular weight excluding hydrogens is 238 g/mol. The lowest BCUT2D eigenvalue weighted by atomic mass is 10.1. The van der Waals surface area contributed by atoms with Crippen LogP contribution in [0.5, 0.6) is 0 Å². The van der Waals surface area contributed by atoms with E-state index in [1.54, 1.807) is 0 Å². The van der Waals surface area contributed by atoms with Gasteiger partial charge in [0.2, 0.25) is 0 Å². The summed E-state index contributed by atoms with van der Waals surface area (Å²) in [7, 11) is 0. The lowest BCUT2D eigenvalue weighted by Gasteiger charge is -2.37. The summed E-state index contributed by atoms with van der Waals surface area (Å²) in [6.07, 6.45) is 0. The molecule has 0 radical (unpaired) electrons. The number of piperazine rings is 1. The highest BCUT2D eigenvalue weighted by molar-refractivity contribution is 5.21. The number of aliphatic hydroxyl groups excluding tert-OH is 1. The Morgan fingerprint density at radius 1 is 1.11 bits per heavy atom. The maximum atomic E-state index is 9.03. The second-order valence-electron chi connectivity index (χ2n) is 5.37. The molecule has 0 spiro atoms. The first kappa shape index (κ1) is 14.5. The van der Waals surface area contributed by atoms with E-state index in [0.29, 0.717) is 6.04 Å². The van der Waals surface area contributed by atoms with Crippen LogP contribution >= 0.6 is 0 Å². The minimum atomic E-state index is 0.121. The van der Waals surface area contributed by atoms with Gasteiger partial charge in [0.05, 0.1) is 6.61 Å². The molecule has 0 bridgehead atoms. The molecule has 1 saturated heterocycles. The molecule has 19 heavy (non-hydrogen) atoms. The molecular formula is C15H25N3O. The second kappa shape index (κ2) is 7.01. The van der Waals surface area contributed by atoms with Crippen LogP contribution in [0.2, 0.25) is 0 Å². The number of rotatable bonds is 5. The zero-order valence-electron chi connectivity index (χ0n) is 11.8. The van der Waals surface area contributed by atoms with Crippen molar-refractivity contribution in [1.29, 1.82) is 0 Å².